The molecule has 3 aliphatic carbocycles. The maximum atomic E-state index is 10.5. The molecule has 21 aromatic rings. The molecule has 0 radical (unpaired) electrons. The molecule has 8 N–H and O–H groups in total. The van der Waals surface area contributed by atoms with Gasteiger partial charge in [0.05, 0.1) is 22.1 Å². The molecule has 1 fully saturated rings. The third kappa shape index (κ3) is 22.5. The Hall–Kier alpha value is -12.8. The van der Waals surface area contributed by atoms with Crippen molar-refractivity contribution in [2.24, 2.45) is 5.84 Å². The van der Waals surface area contributed by atoms with Crippen molar-refractivity contribution in [2.75, 3.05) is 5.43 Å². The molecule has 0 atom stereocenters. The molecule has 0 aliphatic heterocycles. The second-order valence-corrected chi connectivity index (χ2v) is 37.1. The van der Waals surface area contributed by atoms with Crippen LogP contribution in [0.15, 0.2) is 328 Å². The van der Waals surface area contributed by atoms with E-state index in [0.717, 1.165) is 38.3 Å². The molecule has 0 unspecified atom stereocenters. The second kappa shape index (κ2) is 43.3. The van der Waals surface area contributed by atoms with Crippen molar-refractivity contribution in [3.63, 3.8) is 0 Å². The first-order valence-corrected chi connectivity index (χ1v) is 47.5. The zero-order chi connectivity index (χ0) is 90.3. The maximum Gasteiger partial charge on any atom is 0.300 e. The normalized spacial score (nSPS) is 12.5. The maximum absolute atomic E-state index is 10.5. The lowest BCUT2D eigenvalue weighted by Gasteiger charge is -2.11. The molecule has 24 rings (SSSR count). The van der Waals surface area contributed by atoms with Crippen LogP contribution in [-0.4, -0.2) is 45.9 Å². The Labute approximate surface area is 801 Å². The van der Waals surface area contributed by atoms with Gasteiger partial charge >= 0.3 is 0 Å². The number of hydrogen-bond acceptors (Lipinski definition) is 4. The highest BCUT2D eigenvalue weighted by molar-refractivity contribution is 14.1. The first kappa shape index (κ1) is 92.9. The van der Waals surface area contributed by atoms with Gasteiger partial charge in [0.2, 0.25) is 0 Å². The van der Waals surface area contributed by atoms with E-state index in [1.807, 2.05) is 31.2 Å². The number of fused-ring (bicyclic) bond motifs is 18. The summed E-state index contributed by atoms with van der Waals surface area (Å²) in [5, 5.41) is 20.8. The van der Waals surface area contributed by atoms with Gasteiger partial charge in [0, 0.05) is 142 Å². The van der Waals surface area contributed by atoms with Crippen molar-refractivity contribution in [3.05, 3.63) is 396 Å². The summed E-state index contributed by atoms with van der Waals surface area (Å²) in [7, 11) is 0. The number of hydrazine groups is 1. The number of carboxylic acids is 1. The van der Waals surface area contributed by atoms with E-state index in [9.17, 15) is 4.79 Å². The fourth-order valence-electron chi connectivity index (χ4n) is 18.2. The van der Waals surface area contributed by atoms with Gasteiger partial charge in [0.15, 0.2) is 0 Å². The number of aromatic nitrogens is 6. The van der Waals surface area contributed by atoms with Crippen LogP contribution in [0.3, 0.4) is 0 Å². The number of carboxylic acid groups (broad SMARTS) is 1. The highest BCUT2D eigenvalue weighted by Crippen LogP contribution is 2.38. The van der Waals surface area contributed by atoms with Gasteiger partial charge in [0.25, 0.3) is 5.97 Å². The molecule has 14 heteroatoms. The summed E-state index contributed by atoms with van der Waals surface area (Å²) in [6, 6.07) is 117. The number of hydrogen-bond donors (Lipinski definition) is 7. The topological polar surface area (TPSA) is 165 Å². The van der Waals surface area contributed by atoms with Gasteiger partial charge in [-0.2, -0.15) is 0 Å². The highest BCUT2D eigenvalue weighted by Gasteiger charge is 2.19. The Morgan fingerprint density at radius 2 is 0.588 bits per heavy atom. The number of nitrogens with two attached hydrogens (primary N) is 1. The van der Waals surface area contributed by atoms with E-state index in [2.05, 4.69) is 425 Å². The standard InChI is InChI=1S/C38H28N2.2C13H15N.2C13H11N.C12H8I2.C7H10N2.C6H10O.C2H4O2.ClH/c1-25-11-21-37-33(23-25)31-7-3-5-9-35(31)39(37)29-17-13-27(14-18-29)28-15-19-30(20-16-28)40-36-10-6-4-8-32(36)34-24-26(2)12-22-38(34)40;4*1-9-6-7-13-11(8-9)10-4-2-3-5-12(10)14-13;13-11-5-1-9(2-6-11)10-3-7-12(14)8-4-10;1-6-2-4-7(9-8)5-3-6;7-6-4-2-1-3-5-6;1-2(3)4;/h3-24H,1-2H3;2*6-8,14H,2-5H2,1H3;2*2-8,14H,1H3;1-8H;2-5,9H,8H2,1H3;1-5H2;1H3,(H,3,4);1H. The number of carbonyl (C=O) groups is 2. The van der Waals surface area contributed by atoms with Crippen LogP contribution in [0.25, 0.3) is 143 Å². The lowest BCUT2D eigenvalue weighted by atomic mass is 9.95. The molecule has 11 nitrogen and oxygen atoms in total. The number of ketones is 1. The molecule has 0 saturated heterocycles. The van der Waals surface area contributed by atoms with Gasteiger partial charge in [-0.25, -0.2) is 0 Å². The molecule has 6 heterocycles. The zero-order valence-electron chi connectivity index (χ0n) is 75.8. The first-order chi connectivity index (χ1) is 63.2. The Balaban J connectivity index is 0.000000122. The van der Waals surface area contributed by atoms with Crippen molar-refractivity contribution in [3.8, 4) is 33.6 Å². The van der Waals surface area contributed by atoms with Gasteiger partial charge < -0.3 is 39.6 Å². The summed E-state index contributed by atoms with van der Waals surface area (Å²) < 4.78 is 7.30. The van der Waals surface area contributed by atoms with E-state index in [4.69, 9.17) is 15.7 Å². The van der Waals surface area contributed by atoms with Crippen molar-refractivity contribution >= 4 is 184 Å². The van der Waals surface area contributed by atoms with E-state index in [1.54, 1.807) is 11.1 Å². The minimum atomic E-state index is -0.833. The Morgan fingerprint density at radius 1 is 0.305 bits per heavy atom. The summed E-state index contributed by atoms with van der Waals surface area (Å²) in [5.74, 6) is 4.78. The van der Waals surface area contributed by atoms with Gasteiger partial charge in [-0.1, -0.05) is 215 Å². The number of para-hydroxylation sites is 4. The largest absolute Gasteiger partial charge is 0.481 e. The number of carbonyl (C=O) groups excluding carboxylic acids is 1. The van der Waals surface area contributed by atoms with Crippen molar-refractivity contribution < 1.29 is 14.7 Å². The fourth-order valence-corrected chi connectivity index (χ4v) is 18.9. The van der Waals surface area contributed by atoms with Crippen LogP contribution in [0.2, 0.25) is 0 Å². The van der Waals surface area contributed by atoms with Crippen LogP contribution in [0.5, 0.6) is 0 Å². The van der Waals surface area contributed by atoms with Gasteiger partial charge in [0.1, 0.15) is 5.78 Å². The number of nitrogen functional groups attached to an aromatic ring is 1. The zero-order valence-corrected chi connectivity index (χ0v) is 80.9. The average Bonchev–Trinajstić information content (AvgIpc) is 1.60. The Bertz CT molecular complexity index is 7120. The van der Waals surface area contributed by atoms with E-state index in [-0.39, 0.29) is 12.4 Å². The van der Waals surface area contributed by atoms with Crippen LogP contribution >= 0.6 is 57.6 Å². The average molecular weight is 1970 g/mol. The van der Waals surface area contributed by atoms with Crippen molar-refractivity contribution in [1.82, 2.24) is 29.1 Å². The number of nitrogens with zero attached hydrogens (tertiary/aromatic N) is 2. The Morgan fingerprint density at radius 3 is 0.947 bits per heavy atom. The van der Waals surface area contributed by atoms with E-state index in [0.29, 0.717) is 5.78 Å². The molecule has 0 spiro atoms. The number of benzene rings is 15. The number of aliphatic carboxylic acids is 1. The monoisotopic (exact) mass is 1970 g/mol. The summed E-state index contributed by atoms with van der Waals surface area (Å²) >= 11 is 4.64. The second-order valence-electron chi connectivity index (χ2n) is 34.6. The molecule has 15 aromatic carbocycles. The van der Waals surface area contributed by atoms with Gasteiger partial charge in [-0.15, -0.1) is 12.4 Å². The van der Waals surface area contributed by atoms with Crippen LogP contribution in [0.1, 0.15) is 126 Å². The molecular formula is C117H113ClI2N8O3. The lowest BCUT2D eigenvalue weighted by molar-refractivity contribution is -0.134. The minimum absolute atomic E-state index is 0. The number of nitrogens with one attached hydrogen (secondary N) is 5. The van der Waals surface area contributed by atoms with Crippen LogP contribution in [-0.2, 0) is 35.3 Å². The molecule has 6 aromatic heterocycles. The predicted octanol–water partition coefficient (Wildman–Crippen LogP) is 32.0. The fraction of sp³-hybridized carbons (Fsp3) is 0.179. The molecular weight excluding hydrogens is 1850 g/mol. The number of anilines is 1. The molecule has 660 valence electrons. The number of Topliss-reactive ketones (excluding diaryl/α,β-unsaturated/α-hetero) is 1. The molecule has 3 aliphatic rings. The van der Waals surface area contributed by atoms with E-state index >= 15 is 0 Å². The van der Waals surface area contributed by atoms with Gasteiger partial charge in [-0.3, -0.25) is 15.4 Å². The molecule has 1 saturated carbocycles. The number of H-pyrrole nitrogens is 4. The van der Waals surface area contributed by atoms with Crippen LogP contribution in [0, 0.1) is 55.6 Å². The van der Waals surface area contributed by atoms with E-state index in [1.165, 1.54) is 258 Å². The predicted molar refractivity (Wildman–Crippen MR) is 575 cm³/mol. The van der Waals surface area contributed by atoms with Crippen molar-refractivity contribution in [2.45, 2.75) is 139 Å². The number of rotatable bonds is 5. The molecule has 0 amide bonds. The molecule has 0 bridgehead atoms. The number of aryl methyl sites for hydroxylation is 11. The first-order valence-electron chi connectivity index (χ1n) is 45.4. The summed E-state index contributed by atoms with van der Waals surface area (Å²) in [5.41, 5.74) is 38.6. The summed E-state index contributed by atoms with van der Waals surface area (Å²) in [4.78, 5) is 33.4. The minimum Gasteiger partial charge on any atom is -0.481 e. The highest BCUT2D eigenvalue weighted by atomic mass is 127. The number of halogens is 3. The summed E-state index contributed by atoms with van der Waals surface area (Å²) in [6.45, 7) is 16.0. The summed E-state index contributed by atoms with van der Waals surface area (Å²) in [6.07, 6.45) is 15.6. The number of aromatic amines is 4. The van der Waals surface area contributed by atoms with Crippen molar-refractivity contribution in [1.29, 1.82) is 0 Å². The third-order valence-electron chi connectivity index (χ3n) is 24.7. The third-order valence-corrected chi connectivity index (χ3v) is 26.2. The molecule has 131 heavy (non-hydrogen) atoms. The SMILES string of the molecule is CC(=O)O.Cc1ccc(NN)cc1.Cc1ccc2[nH]c3c(c2c1)CCCC3.Cc1ccc2[nH]c3c(c2c1)CCCC3.Cc1ccc2[nH]c3ccccc3c2c1.Cc1ccc2[nH]c3ccccc3c2c1.Cc1ccc2c(c1)c1ccccc1n2-c1ccc(-c2ccc(-n3c4ccccc4c4cc(C)ccc43)cc2)cc1.Cl.Ic1ccc(-c2ccc(I)cc2)cc1.O=C1CCCCC1. The van der Waals surface area contributed by atoms with Gasteiger partial charge in [-0.05, 0) is 349 Å². The van der Waals surface area contributed by atoms with Crippen LogP contribution in [0.4, 0.5) is 5.69 Å². The quantitative estimate of drug-likeness (QED) is 0.0517. The Kier molecular flexibility index (Phi) is 30.7. The van der Waals surface area contributed by atoms with E-state index < -0.39 is 5.97 Å². The smallest absolute Gasteiger partial charge is 0.300 e. The van der Waals surface area contributed by atoms with Crippen LogP contribution < -0.4 is 11.3 Å². The lowest BCUT2D eigenvalue weighted by Crippen LogP contribution is -2.05.